The van der Waals surface area contributed by atoms with Crippen LogP contribution in [0.1, 0.15) is 44.6 Å². The highest BCUT2D eigenvalue weighted by Crippen LogP contribution is 2.36. The zero-order valence-corrected chi connectivity index (χ0v) is 16.5. The molecule has 28 heavy (non-hydrogen) atoms. The van der Waals surface area contributed by atoms with E-state index in [1.165, 1.54) is 36.6 Å². The number of piperidine rings is 1. The van der Waals surface area contributed by atoms with Gasteiger partial charge in [0.1, 0.15) is 11.9 Å². The van der Waals surface area contributed by atoms with E-state index in [0.29, 0.717) is 12.1 Å². The van der Waals surface area contributed by atoms with Crippen molar-refractivity contribution in [2.24, 2.45) is 0 Å². The van der Waals surface area contributed by atoms with E-state index in [2.05, 4.69) is 49.5 Å². The Labute approximate surface area is 166 Å². The maximum absolute atomic E-state index is 6.49. The minimum absolute atomic E-state index is 0.324. The molecule has 2 fully saturated rings. The minimum Gasteiger partial charge on any atom is -0.490 e. The highest BCUT2D eigenvalue weighted by molar-refractivity contribution is 5.86. The summed E-state index contributed by atoms with van der Waals surface area (Å²) in [6.07, 6.45) is 15.9. The van der Waals surface area contributed by atoms with Gasteiger partial charge in [-0.05, 0) is 43.9 Å². The van der Waals surface area contributed by atoms with Gasteiger partial charge in [-0.1, -0.05) is 18.9 Å². The molecule has 1 aliphatic heterocycles. The van der Waals surface area contributed by atoms with Gasteiger partial charge in [0.05, 0.1) is 11.8 Å². The Kier molecular flexibility index (Phi) is 5.08. The second-order valence-corrected chi connectivity index (χ2v) is 8.31. The first kappa shape index (κ1) is 17.8. The van der Waals surface area contributed by atoms with Crippen LogP contribution in [0.15, 0.2) is 49.2 Å². The molecule has 5 rings (SSSR count). The average molecular weight is 379 g/mol. The molecule has 5 nitrogen and oxygen atoms in total. The van der Waals surface area contributed by atoms with Gasteiger partial charge in [-0.15, -0.1) is 0 Å². The first-order chi connectivity index (χ1) is 13.9. The van der Waals surface area contributed by atoms with Crippen molar-refractivity contribution >= 4 is 10.9 Å². The van der Waals surface area contributed by atoms with Crippen LogP contribution in [0, 0.1) is 0 Å². The molecular weight excluding hydrogens is 348 g/mol. The third kappa shape index (κ3) is 3.68. The third-order valence-corrected chi connectivity index (χ3v) is 6.50. The van der Waals surface area contributed by atoms with Crippen LogP contribution in [0.2, 0.25) is 0 Å². The summed E-state index contributed by atoms with van der Waals surface area (Å²) in [5.41, 5.74) is 1.34. The van der Waals surface area contributed by atoms with Crippen molar-refractivity contribution < 1.29 is 4.74 Å². The van der Waals surface area contributed by atoms with Gasteiger partial charge in [0.25, 0.3) is 0 Å². The molecule has 0 amide bonds. The van der Waals surface area contributed by atoms with Crippen LogP contribution >= 0.6 is 0 Å². The standard InChI is InChI=1S/C23H30N4O/c1-2-5-19(4-1)27-14-10-21-22(27)6-3-7-23(21)28-20-8-12-25(13-9-20)16-17-26-15-11-24-18-26/h3,6-7,10-11,14-15,18-20H,1-2,4-5,8-9,12-13,16-17H2. The molecule has 0 spiro atoms. The Bertz CT molecular complexity index is 887. The van der Waals surface area contributed by atoms with E-state index < -0.39 is 0 Å². The molecule has 1 aromatic carbocycles. The molecule has 1 saturated carbocycles. The van der Waals surface area contributed by atoms with Gasteiger partial charge in [-0.2, -0.15) is 0 Å². The summed E-state index contributed by atoms with van der Waals surface area (Å²) in [5, 5.41) is 1.27. The fourth-order valence-corrected chi connectivity index (χ4v) is 4.87. The molecule has 1 saturated heterocycles. The molecule has 148 valence electrons. The monoisotopic (exact) mass is 378 g/mol. The summed E-state index contributed by atoms with van der Waals surface area (Å²) in [4.78, 5) is 6.66. The van der Waals surface area contributed by atoms with Gasteiger partial charge in [0.2, 0.25) is 0 Å². The van der Waals surface area contributed by atoms with Crippen LogP contribution in [-0.2, 0) is 6.54 Å². The topological polar surface area (TPSA) is 35.2 Å². The number of ether oxygens (including phenoxy) is 1. The Morgan fingerprint density at radius 2 is 1.82 bits per heavy atom. The predicted molar refractivity (Wildman–Crippen MR) is 112 cm³/mol. The molecule has 5 heteroatoms. The zero-order valence-electron chi connectivity index (χ0n) is 16.5. The average Bonchev–Trinajstić information content (AvgIpc) is 3.48. The summed E-state index contributed by atoms with van der Waals surface area (Å²) in [7, 11) is 0. The van der Waals surface area contributed by atoms with Crippen molar-refractivity contribution in [2.45, 2.75) is 57.2 Å². The number of aromatic nitrogens is 3. The summed E-state index contributed by atoms with van der Waals surface area (Å²) in [6.45, 7) is 4.32. The number of nitrogens with zero attached hydrogens (tertiary/aromatic N) is 4. The molecule has 3 aromatic rings. The van der Waals surface area contributed by atoms with Crippen LogP contribution in [-0.4, -0.2) is 44.8 Å². The number of fused-ring (bicyclic) bond motifs is 1. The van der Waals surface area contributed by atoms with Gasteiger partial charge in [-0.3, -0.25) is 0 Å². The van der Waals surface area contributed by atoms with Crippen molar-refractivity contribution in [3.8, 4) is 5.75 Å². The van der Waals surface area contributed by atoms with Crippen molar-refractivity contribution in [1.82, 2.24) is 19.0 Å². The second kappa shape index (κ2) is 8.00. The lowest BCUT2D eigenvalue weighted by atomic mass is 10.1. The smallest absolute Gasteiger partial charge is 0.129 e. The molecule has 0 bridgehead atoms. The van der Waals surface area contributed by atoms with Gasteiger partial charge >= 0.3 is 0 Å². The maximum Gasteiger partial charge on any atom is 0.129 e. The first-order valence-corrected chi connectivity index (χ1v) is 10.8. The lowest BCUT2D eigenvalue weighted by Gasteiger charge is -2.32. The molecule has 2 aliphatic rings. The Morgan fingerprint density at radius 1 is 0.964 bits per heavy atom. The highest BCUT2D eigenvalue weighted by Gasteiger charge is 2.22. The number of imidazole rings is 1. The lowest BCUT2D eigenvalue weighted by molar-refractivity contribution is 0.0998. The molecule has 2 aromatic heterocycles. The molecular formula is C23H30N4O. The number of rotatable bonds is 6. The van der Waals surface area contributed by atoms with Gasteiger partial charge in [-0.25, -0.2) is 4.98 Å². The molecule has 0 N–H and O–H groups in total. The van der Waals surface area contributed by atoms with Crippen LogP contribution in [0.4, 0.5) is 0 Å². The van der Waals surface area contributed by atoms with Gasteiger partial charge in [0.15, 0.2) is 0 Å². The minimum atomic E-state index is 0.324. The van der Waals surface area contributed by atoms with E-state index in [1.807, 2.05) is 18.7 Å². The van der Waals surface area contributed by atoms with Crippen LogP contribution in [0.5, 0.6) is 5.75 Å². The molecule has 1 aliphatic carbocycles. The number of likely N-dealkylation sites (tertiary alicyclic amines) is 1. The van der Waals surface area contributed by atoms with Crippen molar-refractivity contribution in [2.75, 3.05) is 19.6 Å². The van der Waals surface area contributed by atoms with Crippen molar-refractivity contribution in [3.05, 3.63) is 49.2 Å². The molecule has 3 heterocycles. The van der Waals surface area contributed by atoms with E-state index in [-0.39, 0.29) is 0 Å². The third-order valence-electron chi connectivity index (χ3n) is 6.50. The summed E-state index contributed by atoms with van der Waals surface area (Å²) < 4.78 is 11.1. The normalized spacial score (nSPS) is 19.6. The van der Waals surface area contributed by atoms with E-state index >= 15 is 0 Å². The quantitative estimate of drug-likeness (QED) is 0.634. The second-order valence-electron chi connectivity index (χ2n) is 8.31. The van der Waals surface area contributed by atoms with E-state index in [9.17, 15) is 0 Å². The van der Waals surface area contributed by atoms with Gasteiger partial charge < -0.3 is 18.8 Å². The predicted octanol–water partition coefficient (Wildman–Crippen LogP) is 4.50. The van der Waals surface area contributed by atoms with Crippen LogP contribution in [0.3, 0.4) is 0 Å². The molecule has 0 atom stereocenters. The Morgan fingerprint density at radius 3 is 2.61 bits per heavy atom. The van der Waals surface area contributed by atoms with Crippen LogP contribution in [0.25, 0.3) is 10.9 Å². The lowest BCUT2D eigenvalue weighted by Crippen LogP contribution is -2.39. The fourth-order valence-electron chi connectivity index (χ4n) is 4.87. The fraction of sp³-hybridized carbons (Fsp3) is 0.522. The number of benzene rings is 1. The SMILES string of the molecule is c1cc(OC2CCN(CCn3ccnc3)CC2)c2ccn(C3CCCC3)c2c1. The summed E-state index contributed by atoms with van der Waals surface area (Å²) >= 11 is 0. The maximum atomic E-state index is 6.49. The molecule has 0 radical (unpaired) electrons. The number of hydrogen-bond donors (Lipinski definition) is 0. The zero-order chi connectivity index (χ0) is 18.8. The van der Waals surface area contributed by atoms with Crippen LogP contribution < -0.4 is 4.74 Å². The van der Waals surface area contributed by atoms with Crippen molar-refractivity contribution in [3.63, 3.8) is 0 Å². The summed E-state index contributed by atoms with van der Waals surface area (Å²) in [6, 6.07) is 9.48. The molecule has 0 unspecified atom stereocenters. The largest absolute Gasteiger partial charge is 0.490 e. The highest BCUT2D eigenvalue weighted by atomic mass is 16.5. The van der Waals surface area contributed by atoms with Gasteiger partial charge in [0, 0.05) is 56.2 Å². The Hall–Kier alpha value is -2.27. The number of hydrogen-bond acceptors (Lipinski definition) is 3. The summed E-state index contributed by atoms with van der Waals surface area (Å²) in [5.74, 6) is 1.06. The van der Waals surface area contributed by atoms with E-state index in [0.717, 1.165) is 44.8 Å². The first-order valence-electron chi connectivity index (χ1n) is 10.8. The Balaban J connectivity index is 1.20. The van der Waals surface area contributed by atoms with E-state index in [4.69, 9.17) is 4.74 Å². The van der Waals surface area contributed by atoms with E-state index in [1.54, 1.807) is 0 Å². The van der Waals surface area contributed by atoms with Crippen molar-refractivity contribution in [1.29, 1.82) is 0 Å².